The van der Waals surface area contributed by atoms with Crippen LogP contribution in [0.5, 0.6) is 0 Å². The molecular weight excluding hydrogens is 230 g/mol. The van der Waals surface area contributed by atoms with Gasteiger partial charge in [-0.25, -0.2) is 0 Å². The summed E-state index contributed by atoms with van der Waals surface area (Å²) in [5, 5.41) is 0. The summed E-state index contributed by atoms with van der Waals surface area (Å²) in [5.41, 5.74) is -0.150. The lowest BCUT2D eigenvalue weighted by atomic mass is 10.1. The Morgan fingerprint density at radius 3 is 2.40 bits per heavy atom. The van der Waals surface area contributed by atoms with Crippen molar-refractivity contribution in [2.75, 3.05) is 6.54 Å². The van der Waals surface area contributed by atoms with Crippen LogP contribution in [0.4, 0.5) is 0 Å². The summed E-state index contributed by atoms with van der Waals surface area (Å²) in [5.74, 6) is 0.0573. The van der Waals surface area contributed by atoms with Crippen molar-refractivity contribution < 1.29 is 4.79 Å². The van der Waals surface area contributed by atoms with Gasteiger partial charge in [-0.1, -0.05) is 11.6 Å². The van der Waals surface area contributed by atoms with Crippen LogP contribution in [0.2, 0.25) is 4.34 Å². The van der Waals surface area contributed by atoms with Crippen molar-refractivity contribution in [3.8, 4) is 0 Å². The van der Waals surface area contributed by atoms with Crippen LogP contribution in [0.25, 0.3) is 0 Å². The van der Waals surface area contributed by atoms with Gasteiger partial charge in [0.15, 0.2) is 0 Å². The molecule has 0 aliphatic rings. The van der Waals surface area contributed by atoms with Gasteiger partial charge in [-0.3, -0.25) is 4.79 Å². The highest BCUT2D eigenvalue weighted by Gasteiger charge is 2.26. The molecule has 1 heterocycles. The van der Waals surface area contributed by atoms with Crippen LogP contribution in [0.15, 0.2) is 12.1 Å². The summed E-state index contributed by atoms with van der Waals surface area (Å²) in [6.07, 6.45) is 0. The van der Waals surface area contributed by atoms with Gasteiger partial charge < -0.3 is 4.90 Å². The molecule has 2 nitrogen and oxygen atoms in total. The number of halogens is 1. The van der Waals surface area contributed by atoms with Crippen LogP contribution >= 0.6 is 22.9 Å². The van der Waals surface area contributed by atoms with E-state index >= 15 is 0 Å². The van der Waals surface area contributed by atoms with Gasteiger partial charge >= 0.3 is 0 Å². The van der Waals surface area contributed by atoms with E-state index in [-0.39, 0.29) is 11.4 Å². The Balaban J connectivity index is 2.92. The van der Waals surface area contributed by atoms with Crippen molar-refractivity contribution in [1.82, 2.24) is 4.90 Å². The SMILES string of the molecule is CCN(C(=O)c1ccc(Cl)s1)C(C)(C)C. The van der Waals surface area contributed by atoms with Gasteiger partial charge in [-0.2, -0.15) is 0 Å². The summed E-state index contributed by atoms with van der Waals surface area (Å²) in [4.78, 5) is 14.7. The lowest BCUT2D eigenvalue weighted by Gasteiger charge is -2.34. The fourth-order valence-corrected chi connectivity index (χ4v) is 2.48. The topological polar surface area (TPSA) is 20.3 Å². The quantitative estimate of drug-likeness (QED) is 0.779. The van der Waals surface area contributed by atoms with E-state index in [1.807, 2.05) is 32.6 Å². The van der Waals surface area contributed by atoms with E-state index < -0.39 is 0 Å². The van der Waals surface area contributed by atoms with Gasteiger partial charge in [0.25, 0.3) is 5.91 Å². The van der Waals surface area contributed by atoms with E-state index in [4.69, 9.17) is 11.6 Å². The predicted octanol–water partition coefficient (Wildman–Crippen LogP) is 3.66. The molecule has 0 aromatic carbocycles. The third kappa shape index (κ3) is 2.95. The van der Waals surface area contributed by atoms with Gasteiger partial charge in [0.05, 0.1) is 9.21 Å². The van der Waals surface area contributed by atoms with Crippen molar-refractivity contribution in [2.24, 2.45) is 0 Å². The fraction of sp³-hybridized carbons (Fsp3) is 0.545. The number of amides is 1. The lowest BCUT2D eigenvalue weighted by Crippen LogP contribution is -2.45. The molecule has 4 heteroatoms. The summed E-state index contributed by atoms with van der Waals surface area (Å²) >= 11 is 7.14. The van der Waals surface area contributed by atoms with E-state index in [1.165, 1.54) is 11.3 Å². The standard InChI is InChI=1S/C11H16ClNOS/c1-5-13(11(2,3)4)10(14)8-6-7-9(12)15-8/h6-7H,5H2,1-4H3. The molecule has 0 bridgehead atoms. The second kappa shape index (κ2) is 4.54. The van der Waals surface area contributed by atoms with Gasteiger partial charge in [0, 0.05) is 12.1 Å². The van der Waals surface area contributed by atoms with E-state index in [0.717, 1.165) is 0 Å². The predicted molar refractivity (Wildman–Crippen MR) is 65.8 cm³/mol. The Hall–Kier alpha value is -0.540. The molecule has 0 fully saturated rings. The molecule has 0 radical (unpaired) electrons. The zero-order valence-electron chi connectivity index (χ0n) is 9.50. The van der Waals surface area contributed by atoms with Gasteiger partial charge in [-0.15, -0.1) is 11.3 Å². The molecule has 0 aliphatic heterocycles. The number of hydrogen-bond acceptors (Lipinski definition) is 2. The van der Waals surface area contributed by atoms with Gasteiger partial charge in [0.2, 0.25) is 0 Å². The molecule has 84 valence electrons. The number of carbonyl (C=O) groups is 1. The van der Waals surface area contributed by atoms with Crippen LogP contribution in [0, 0.1) is 0 Å². The molecule has 0 N–H and O–H groups in total. The minimum absolute atomic E-state index is 0.0573. The molecule has 0 atom stereocenters. The first-order valence-corrected chi connectivity index (χ1v) is 6.13. The third-order valence-electron chi connectivity index (χ3n) is 2.16. The van der Waals surface area contributed by atoms with Crippen molar-refractivity contribution in [1.29, 1.82) is 0 Å². The van der Waals surface area contributed by atoms with E-state index in [2.05, 4.69) is 0 Å². The maximum atomic E-state index is 12.1. The van der Waals surface area contributed by atoms with Crippen LogP contribution in [0.1, 0.15) is 37.4 Å². The molecule has 1 rings (SSSR count). The Kier molecular flexibility index (Phi) is 3.79. The monoisotopic (exact) mass is 245 g/mol. The Labute approximate surface area is 99.9 Å². The average molecular weight is 246 g/mol. The largest absolute Gasteiger partial charge is 0.333 e. The number of carbonyl (C=O) groups excluding carboxylic acids is 1. The Bertz CT molecular complexity index is 354. The molecule has 0 saturated carbocycles. The highest BCUT2D eigenvalue weighted by molar-refractivity contribution is 7.17. The normalized spacial score (nSPS) is 11.5. The Morgan fingerprint density at radius 1 is 1.47 bits per heavy atom. The number of rotatable bonds is 2. The minimum atomic E-state index is -0.150. The van der Waals surface area contributed by atoms with Crippen LogP contribution in [-0.4, -0.2) is 22.9 Å². The van der Waals surface area contributed by atoms with Crippen LogP contribution in [0.3, 0.4) is 0 Å². The van der Waals surface area contributed by atoms with E-state index in [1.54, 1.807) is 12.1 Å². The van der Waals surface area contributed by atoms with E-state index in [9.17, 15) is 4.79 Å². The van der Waals surface area contributed by atoms with E-state index in [0.29, 0.717) is 15.8 Å². The van der Waals surface area contributed by atoms with Crippen LogP contribution < -0.4 is 0 Å². The number of thiophene rings is 1. The van der Waals surface area contributed by atoms with Crippen molar-refractivity contribution in [2.45, 2.75) is 33.2 Å². The second-order valence-electron chi connectivity index (χ2n) is 4.32. The second-order valence-corrected chi connectivity index (χ2v) is 6.04. The molecule has 1 aromatic heterocycles. The third-order valence-corrected chi connectivity index (χ3v) is 3.37. The summed E-state index contributed by atoms with van der Waals surface area (Å²) < 4.78 is 0.656. The first kappa shape index (κ1) is 12.5. The maximum absolute atomic E-state index is 12.1. The maximum Gasteiger partial charge on any atom is 0.264 e. The molecule has 0 saturated heterocycles. The molecule has 0 unspecified atom stereocenters. The van der Waals surface area contributed by atoms with Crippen molar-refractivity contribution in [3.05, 3.63) is 21.3 Å². The zero-order chi connectivity index (χ0) is 11.6. The summed E-state index contributed by atoms with van der Waals surface area (Å²) in [6.45, 7) is 8.78. The lowest BCUT2D eigenvalue weighted by molar-refractivity contribution is 0.0604. The number of hydrogen-bond donors (Lipinski definition) is 0. The first-order valence-electron chi connectivity index (χ1n) is 4.93. The molecule has 1 aromatic rings. The summed E-state index contributed by atoms with van der Waals surface area (Å²) in [7, 11) is 0. The fourth-order valence-electron chi connectivity index (χ4n) is 1.48. The van der Waals surface area contributed by atoms with Crippen LogP contribution in [-0.2, 0) is 0 Å². The van der Waals surface area contributed by atoms with Gasteiger partial charge in [0.1, 0.15) is 0 Å². The highest BCUT2D eigenvalue weighted by atomic mass is 35.5. The molecule has 0 aliphatic carbocycles. The zero-order valence-corrected chi connectivity index (χ0v) is 11.1. The molecule has 1 amide bonds. The smallest absolute Gasteiger partial charge is 0.264 e. The average Bonchev–Trinajstić information content (AvgIpc) is 2.50. The minimum Gasteiger partial charge on any atom is -0.333 e. The molecule has 0 spiro atoms. The van der Waals surface area contributed by atoms with Gasteiger partial charge in [-0.05, 0) is 39.8 Å². The Morgan fingerprint density at radius 2 is 2.07 bits per heavy atom. The highest BCUT2D eigenvalue weighted by Crippen LogP contribution is 2.25. The molecular formula is C11H16ClNOS. The van der Waals surface area contributed by atoms with Crippen molar-refractivity contribution in [3.63, 3.8) is 0 Å². The summed E-state index contributed by atoms with van der Waals surface area (Å²) in [6, 6.07) is 3.54. The first-order chi connectivity index (χ1) is 6.86. The van der Waals surface area contributed by atoms with Crippen molar-refractivity contribution >= 4 is 28.8 Å². The number of nitrogens with zero attached hydrogens (tertiary/aromatic N) is 1. The molecule has 15 heavy (non-hydrogen) atoms.